The van der Waals surface area contributed by atoms with Crippen molar-refractivity contribution in [2.24, 2.45) is 17.3 Å². The fourth-order valence-corrected chi connectivity index (χ4v) is 5.90. The number of quaternary nitrogens is 1. The minimum Gasteiger partial charge on any atom is -1.00 e. The van der Waals surface area contributed by atoms with E-state index < -0.39 is 19.5 Å². The van der Waals surface area contributed by atoms with Gasteiger partial charge in [-0.15, -0.1) is 13.2 Å². The molecule has 3 saturated carbocycles. The Morgan fingerprint density at radius 3 is 2.47 bits per heavy atom. The zero-order chi connectivity index (χ0) is 24.2. The molecule has 1 amide bonds. The molecule has 1 unspecified atom stereocenters. The normalized spacial score (nSPS) is 30.9. The first-order valence-electron chi connectivity index (χ1n) is 11.6. The summed E-state index contributed by atoms with van der Waals surface area (Å²) in [6, 6.07) is 5.40. The first-order chi connectivity index (χ1) is 15.3. The van der Waals surface area contributed by atoms with E-state index in [0.29, 0.717) is 24.8 Å². The van der Waals surface area contributed by atoms with E-state index in [1.165, 1.54) is 12.1 Å². The Bertz CT molecular complexity index is 886. The van der Waals surface area contributed by atoms with Gasteiger partial charge in [0.2, 0.25) is 0 Å². The van der Waals surface area contributed by atoms with Crippen LogP contribution in [0, 0.1) is 17.3 Å². The Morgan fingerprint density at radius 1 is 1.26 bits per heavy atom. The molecule has 0 radical (unpaired) electrons. The topological polar surface area (TPSA) is 84.4 Å². The van der Waals surface area contributed by atoms with Crippen molar-refractivity contribution in [2.75, 3.05) is 6.54 Å². The molecule has 0 spiro atoms. The minimum atomic E-state index is -4.73. The number of carbonyl (C=O) groups excluding carboxylic acids is 1. The highest BCUT2D eigenvalue weighted by atomic mass is 35.5. The molecule has 190 valence electrons. The monoisotopic (exact) mass is 504 g/mol. The van der Waals surface area contributed by atoms with Gasteiger partial charge in [-0.05, 0) is 68.1 Å². The van der Waals surface area contributed by atoms with Crippen LogP contribution < -0.4 is 28.2 Å². The summed E-state index contributed by atoms with van der Waals surface area (Å²) in [5.74, 6) is 0.390. The van der Waals surface area contributed by atoms with Crippen LogP contribution in [0.25, 0.3) is 0 Å². The van der Waals surface area contributed by atoms with Gasteiger partial charge in [-0.3, -0.25) is 4.79 Å². The maximum absolute atomic E-state index is 12.5. The number of nitrogens with one attached hydrogen (secondary N) is 1. The largest absolute Gasteiger partial charge is 1.00 e. The predicted octanol–water partition coefficient (Wildman–Crippen LogP) is -0.0232. The van der Waals surface area contributed by atoms with Gasteiger partial charge in [0.05, 0.1) is 11.7 Å². The molecule has 1 saturated heterocycles. The molecule has 1 heterocycles. The molecule has 1 aliphatic heterocycles. The van der Waals surface area contributed by atoms with E-state index in [1.807, 2.05) is 0 Å². The van der Waals surface area contributed by atoms with Gasteiger partial charge in [-0.1, -0.05) is 26.0 Å². The first-order valence-corrected chi connectivity index (χ1v) is 11.6. The van der Waals surface area contributed by atoms with E-state index in [1.54, 1.807) is 19.1 Å². The lowest BCUT2D eigenvalue weighted by Crippen LogP contribution is -3.00. The smallest absolute Gasteiger partial charge is 0.573 e. The van der Waals surface area contributed by atoms with Gasteiger partial charge < -0.3 is 37.5 Å². The number of hydrogen-bond acceptors (Lipinski definition) is 4. The van der Waals surface area contributed by atoms with Crippen molar-refractivity contribution in [3.63, 3.8) is 0 Å². The Morgan fingerprint density at radius 2 is 1.91 bits per heavy atom. The number of benzene rings is 1. The molecule has 1 aromatic carbocycles. The lowest BCUT2D eigenvalue weighted by Gasteiger charge is -2.64. The highest BCUT2D eigenvalue weighted by Gasteiger charge is 2.68. The minimum absolute atomic E-state index is 0. The van der Waals surface area contributed by atoms with Crippen LogP contribution in [-0.2, 0) is 20.5 Å². The van der Waals surface area contributed by atoms with Gasteiger partial charge in [0.15, 0.2) is 6.04 Å². The third kappa shape index (κ3) is 5.20. The zero-order valence-corrected chi connectivity index (χ0v) is 20.7. The van der Waals surface area contributed by atoms with Gasteiger partial charge in [-0.2, -0.15) is 0 Å². The molecule has 4 N–H and O–H groups in total. The maximum Gasteiger partial charge on any atom is 0.573 e. The zero-order valence-electron chi connectivity index (χ0n) is 20.0. The lowest BCUT2D eigenvalue weighted by molar-refractivity contribution is -0.398. The van der Waals surface area contributed by atoms with E-state index in [0.717, 1.165) is 18.4 Å². The Balaban J connectivity index is 0.00000324. The molecule has 2 bridgehead atoms. The summed E-state index contributed by atoms with van der Waals surface area (Å²) in [5.41, 5.74) is 4.40. The van der Waals surface area contributed by atoms with Gasteiger partial charge in [-0.25, -0.2) is 0 Å². The number of amides is 1. The van der Waals surface area contributed by atoms with E-state index >= 15 is 0 Å². The summed E-state index contributed by atoms with van der Waals surface area (Å²) >= 11 is 0. The molecule has 4 aliphatic rings. The maximum atomic E-state index is 12.5. The number of alkyl halides is 3. The molecular formula is C23H33BClF3N2O4. The fourth-order valence-electron chi connectivity index (χ4n) is 5.90. The molecule has 5 rings (SSSR count). The average Bonchev–Trinajstić information content (AvgIpc) is 3.07. The van der Waals surface area contributed by atoms with Crippen molar-refractivity contribution >= 4 is 13.0 Å². The van der Waals surface area contributed by atoms with E-state index in [9.17, 15) is 18.0 Å². The van der Waals surface area contributed by atoms with E-state index in [-0.39, 0.29) is 47.0 Å². The van der Waals surface area contributed by atoms with Crippen molar-refractivity contribution in [3.05, 3.63) is 29.8 Å². The second kappa shape index (κ2) is 9.52. The summed E-state index contributed by atoms with van der Waals surface area (Å²) < 4.78 is 54.4. The van der Waals surface area contributed by atoms with Crippen molar-refractivity contribution in [1.29, 1.82) is 0 Å². The molecule has 3 aliphatic carbocycles. The van der Waals surface area contributed by atoms with Crippen LogP contribution in [0.5, 0.6) is 5.75 Å². The molecule has 0 aromatic heterocycles. The lowest BCUT2D eigenvalue weighted by atomic mass is 9.43. The SMILES string of the molecule is C[C@H]([NH3+])C(=O)NCC(Cc1ccc(OC(F)(F)F)cc1)B1O[C@H]2C[C@H]3C[C@H](C3(C)C)[C@@]2(C)O1.[Cl-]. The standard InChI is InChI=1S/C23H32BF3N2O4.ClH/c1-13(28)20(30)29-12-16(9-14-5-7-17(8-6-14)31-23(25,26)27)24-32-19-11-15-10-18(21(15,2)3)22(19,4)33-24;/h5-8,13,15-16,18-19H,9-12,28H2,1-4H3,(H,29,30);1H/t13-,15+,16?,18+,19-,22+;/m0./s1. The summed E-state index contributed by atoms with van der Waals surface area (Å²) in [6.45, 7) is 8.77. The summed E-state index contributed by atoms with van der Waals surface area (Å²) in [7, 11) is -0.512. The van der Waals surface area contributed by atoms with Crippen LogP contribution in [0.3, 0.4) is 0 Å². The Kier molecular flexibility index (Phi) is 7.59. The van der Waals surface area contributed by atoms with Crippen molar-refractivity contribution in [3.8, 4) is 5.75 Å². The van der Waals surface area contributed by atoms with Crippen molar-refractivity contribution in [2.45, 2.75) is 76.9 Å². The molecule has 6 nitrogen and oxygen atoms in total. The highest BCUT2D eigenvalue weighted by Crippen LogP contribution is 2.66. The van der Waals surface area contributed by atoms with Crippen LogP contribution in [-0.4, -0.2) is 43.7 Å². The third-order valence-corrected chi connectivity index (χ3v) is 7.99. The molecule has 11 heteroatoms. The van der Waals surface area contributed by atoms with E-state index in [4.69, 9.17) is 9.31 Å². The average molecular weight is 505 g/mol. The van der Waals surface area contributed by atoms with Crippen molar-refractivity contribution in [1.82, 2.24) is 5.32 Å². The second-order valence-corrected chi connectivity index (χ2v) is 10.6. The van der Waals surface area contributed by atoms with Crippen LogP contribution in [0.1, 0.15) is 46.1 Å². The summed E-state index contributed by atoms with van der Waals surface area (Å²) in [6.07, 6.45) is -2.16. The Hall–Kier alpha value is -1.49. The predicted molar refractivity (Wildman–Crippen MR) is 116 cm³/mol. The molecule has 34 heavy (non-hydrogen) atoms. The third-order valence-electron chi connectivity index (χ3n) is 7.99. The molecule has 1 aromatic rings. The van der Waals surface area contributed by atoms with Gasteiger partial charge in [0.25, 0.3) is 5.91 Å². The number of ether oxygens (including phenoxy) is 1. The van der Waals surface area contributed by atoms with E-state index in [2.05, 4.69) is 36.6 Å². The van der Waals surface area contributed by atoms with Crippen LogP contribution in [0.15, 0.2) is 24.3 Å². The van der Waals surface area contributed by atoms with Gasteiger partial charge in [0.1, 0.15) is 5.75 Å². The van der Waals surface area contributed by atoms with Crippen LogP contribution in [0.4, 0.5) is 13.2 Å². The highest BCUT2D eigenvalue weighted by molar-refractivity contribution is 6.47. The number of hydrogen-bond donors (Lipinski definition) is 2. The van der Waals surface area contributed by atoms with Crippen LogP contribution >= 0.6 is 0 Å². The molecule has 4 fully saturated rings. The van der Waals surface area contributed by atoms with Gasteiger partial charge in [0, 0.05) is 12.4 Å². The number of halogens is 4. The summed E-state index contributed by atoms with van der Waals surface area (Å²) in [4.78, 5) is 12.2. The number of rotatable bonds is 7. The second-order valence-electron chi connectivity index (χ2n) is 10.6. The first kappa shape index (κ1) is 27.1. The Labute approximate surface area is 205 Å². The van der Waals surface area contributed by atoms with Crippen LogP contribution in [0.2, 0.25) is 5.82 Å². The summed E-state index contributed by atoms with van der Waals surface area (Å²) in [5, 5.41) is 2.92. The quantitative estimate of drug-likeness (QED) is 0.511. The fraction of sp³-hybridized carbons (Fsp3) is 0.696. The number of carbonyl (C=O) groups is 1. The van der Waals surface area contributed by atoms with Gasteiger partial charge >= 0.3 is 13.5 Å². The molecule has 6 atom stereocenters. The molecular weight excluding hydrogens is 472 g/mol. The van der Waals surface area contributed by atoms with Crippen molar-refractivity contribution < 1.29 is 50.2 Å².